The van der Waals surface area contributed by atoms with Crippen LogP contribution in [0.1, 0.15) is 10.4 Å². The van der Waals surface area contributed by atoms with Crippen molar-refractivity contribution in [2.75, 3.05) is 29.5 Å². The Kier molecular flexibility index (Phi) is 5.93. The fourth-order valence-corrected chi connectivity index (χ4v) is 3.04. The number of nitrogens with zero attached hydrogens (tertiary/aromatic N) is 1. The van der Waals surface area contributed by atoms with Crippen molar-refractivity contribution >= 4 is 33.3 Å². The molecule has 0 heterocycles. The maximum Gasteiger partial charge on any atom is 0.337 e. The van der Waals surface area contributed by atoms with Gasteiger partial charge in [0.25, 0.3) is 0 Å². The van der Waals surface area contributed by atoms with Crippen LogP contribution in [0.5, 0.6) is 0 Å². The minimum absolute atomic E-state index is 0.0609. The molecule has 1 N–H and O–H groups in total. The summed E-state index contributed by atoms with van der Waals surface area (Å²) in [5, 5.41) is 2.32. The Morgan fingerprint density at radius 2 is 1.85 bits per heavy atom. The number of amides is 1. The van der Waals surface area contributed by atoms with E-state index >= 15 is 0 Å². The first-order valence-corrected chi connectivity index (χ1v) is 9.27. The molecule has 1 amide bonds. The first kappa shape index (κ1) is 19.4. The highest BCUT2D eigenvalue weighted by molar-refractivity contribution is 7.92. The third-order valence-corrected chi connectivity index (χ3v) is 4.53. The predicted molar refractivity (Wildman–Crippen MR) is 95.0 cm³/mol. The van der Waals surface area contributed by atoms with E-state index in [0.717, 1.165) is 10.6 Å². The summed E-state index contributed by atoms with van der Waals surface area (Å²) in [4.78, 5) is 23.8. The van der Waals surface area contributed by atoms with Crippen molar-refractivity contribution < 1.29 is 27.1 Å². The number of carbonyl (C=O) groups is 2. The number of benzene rings is 2. The molecule has 0 aliphatic rings. The summed E-state index contributed by atoms with van der Waals surface area (Å²) in [5.74, 6) is -2.01. The summed E-state index contributed by atoms with van der Waals surface area (Å²) in [6.45, 7) is -0.586. The van der Waals surface area contributed by atoms with Gasteiger partial charge in [-0.05, 0) is 30.3 Å². The molecule has 0 atom stereocenters. The van der Waals surface area contributed by atoms with Gasteiger partial charge in [0, 0.05) is 0 Å². The van der Waals surface area contributed by atoms with Gasteiger partial charge in [-0.15, -0.1) is 0 Å². The molecule has 0 aliphatic heterocycles. The summed E-state index contributed by atoms with van der Waals surface area (Å²) in [5.41, 5.74) is 0.182. The smallest absolute Gasteiger partial charge is 0.337 e. The van der Waals surface area contributed by atoms with E-state index < -0.39 is 34.3 Å². The van der Waals surface area contributed by atoms with Crippen molar-refractivity contribution in [3.63, 3.8) is 0 Å². The second kappa shape index (κ2) is 7.96. The lowest BCUT2D eigenvalue weighted by atomic mass is 10.2. The Balaban J connectivity index is 2.28. The molecule has 0 spiro atoms. The molecule has 2 aromatic rings. The highest BCUT2D eigenvalue weighted by Crippen LogP contribution is 2.20. The number of hydrogen-bond acceptors (Lipinski definition) is 5. The van der Waals surface area contributed by atoms with E-state index in [2.05, 4.69) is 10.1 Å². The molecule has 2 rings (SSSR count). The predicted octanol–water partition coefficient (Wildman–Crippen LogP) is 2.02. The number of para-hydroxylation sites is 1. The summed E-state index contributed by atoms with van der Waals surface area (Å²) >= 11 is 0. The molecular weight excluding hydrogens is 363 g/mol. The van der Waals surface area contributed by atoms with Crippen LogP contribution in [0, 0.1) is 5.82 Å². The average Bonchev–Trinajstić information content (AvgIpc) is 2.60. The van der Waals surface area contributed by atoms with Gasteiger partial charge in [-0.1, -0.05) is 18.2 Å². The number of anilines is 2. The molecule has 0 fully saturated rings. The normalized spacial score (nSPS) is 10.9. The molecule has 0 aliphatic carbocycles. The van der Waals surface area contributed by atoms with Gasteiger partial charge >= 0.3 is 5.97 Å². The van der Waals surface area contributed by atoms with Gasteiger partial charge in [-0.3, -0.25) is 9.10 Å². The van der Waals surface area contributed by atoms with Crippen LogP contribution in [0.3, 0.4) is 0 Å². The van der Waals surface area contributed by atoms with Crippen LogP contribution in [0.25, 0.3) is 0 Å². The van der Waals surface area contributed by atoms with Gasteiger partial charge in [0.2, 0.25) is 15.9 Å². The van der Waals surface area contributed by atoms with E-state index in [9.17, 15) is 22.4 Å². The van der Waals surface area contributed by atoms with Crippen molar-refractivity contribution in [1.29, 1.82) is 0 Å². The van der Waals surface area contributed by atoms with Crippen LogP contribution in [0.4, 0.5) is 15.8 Å². The molecule has 9 heteroatoms. The maximum absolute atomic E-state index is 13.6. The van der Waals surface area contributed by atoms with Crippen molar-refractivity contribution in [3.8, 4) is 0 Å². The molecule has 26 heavy (non-hydrogen) atoms. The van der Waals surface area contributed by atoms with Crippen LogP contribution < -0.4 is 9.62 Å². The lowest BCUT2D eigenvalue weighted by Crippen LogP contribution is -2.37. The number of nitrogens with one attached hydrogen (secondary N) is 1. The summed E-state index contributed by atoms with van der Waals surface area (Å²) in [6, 6.07) is 11.2. The Hall–Kier alpha value is -2.94. The molecule has 138 valence electrons. The second-order valence-electron chi connectivity index (χ2n) is 5.34. The third-order valence-electron chi connectivity index (χ3n) is 3.39. The number of carbonyl (C=O) groups excluding carboxylic acids is 2. The van der Waals surface area contributed by atoms with E-state index in [1.165, 1.54) is 55.6 Å². The number of sulfonamides is 1. The lowest BCUT2D eigenvalue weighted by molar-refractivity contribution is -0.114. The molecule has 0 aromatic heterocycles. The van der Waals surface area contributed by atoms with Crippen LogP contribution in [-0.4, -0.2) is 40.2 Å². The SMILES string of the molecule is COC(=O)c1cccc(N(CC(=O)Nc2ccccc2F)S(C)(=O)=O)c1. The molecule has 0 bridgehead atoms. The van der Waals surface area contributed by atoms with Crippen molar-refractivity contribution in [2.24, 2.45) is 0 Å². The first-order valence-electron chi connectivity index (χ1n) is 7.43. The summed E-state index contributed by atoms with van der Waals surface area (Å²) in [7, 11) is -2.64. The van der Waals surface area contributed by atoms with Crippen LogP contribution in [0.15, 0.2) is 48.5 Å². The monoisotopic (exact) mass is 380 g/mol. The number of halogens is 1. The molecule has 0 saturated heterocycles. The lowest BCUT2D eigenvalue weighted by Gasteiger charge is -2.22. The topological polar surface area (TPSA) is 92.8 Å². The number of methoxy groups -OCH3 is 1. The minimum atomic E-state index is -3.84. The zero-order chi connectivity index (χ0) is 19.3. The summed E-state index contributed by atoms with van der Waals surface area (Å²) < 4.78 is 43.2. The third kappa shape index (κ3) is 4.79. The largest absolute Gasteiger partial charge is 0.465 e. The van der Waals surface area contributed by atoms with E-state index in [4.69, 9.17) is 0 Å². The van der Waals surface area contributed by atoms with Gasteiger partial charge in [-0.25, -0.2) is 17.6 Å². The van der Waals surface area contributed by atoms with Crippen LogP contribution in [-0.2, 0) is 19.6 Å². The minimum Gasteiger partial charge on any atom is -0.465 e. The molecule has 2 aromatic carbocycles. The highest BCUT2D eigenvalue weighted by atomic mass is 32.2. The Bertz CT molecular complexity index is 930. The standard InChI is InChI=1S/C17H17FN2O5S/c1-25-17(22)12-6-5-7-13(10-12)20(26(2,23)24)11-16(21)19-15-9-4-3-8-14(15)18/h3-10H,11H2,1-2H3,(H,19,21). The number of rotatable bonds is 6. The van der Waals surface area contributed by atoms with Gasteiger partial charge in [-0.2, -0.15) is 0 Å². The number of esters is 1. The van der Waals surface area contributed by atoms with Crippen molar-refractivity contribution in [3.05, 3.63) is 59.9 Å². The summed E-state index contributed by atoms with van der Waals surface area (Å²) in [6.07, 6.45) is 0.925. The van der Waals surface area contributed by atoms with E-state index in [-0.39, 0.29) is 16.9 Å². The van der Waals surface area contributed by atoms with Crippen LogP contribution >= 0.6 is 0 Å². The average molecular weight is 380 g/mol. The van der Waals surface area contributed by atoms with Gasteiger partial charge in [0.05, 0.1) is 30.3 Å². The molecule has 0 saturated carbocycles. The van der Waals surface area contributed by atoms with E-state index in [0.29, 0.717) is 0 Å². The van der Waals surface area contributed by atoms with Gasteiger partial charge < -0.3 is 10.1 Å². The zero-order valence-electron chi connectivity index (χ0n) is 14.1. The fraction of sp³-hybridized carbons (Fsp3) is 0.176. The zero-order valence-corrected chi connectivity index (χ0v) is 14.9. The second-order valence-corrected chi connectivity index (χ2v) is 7.25. The Morgan fingerprint density at radius 3 is 2.46 bits per heavy atom. The number of ether oxygens (including phenoxy) is 1. The number of hydrogen-bond donors (Lipinski definition) is 1. The van der Waals surface area contributed by atoms with E-state index in [1.54, 1.807) is 0 Å². The van der Waals surface area contributed by atoms with Crippen molar-refractivity contribution in [2.45, 2.75) is 0 Å². The Labute approximate surface area is 150 Å². The van der Waals surface area contributed by atoms with Gasteiger partial charge in [0.1, 0.15) is 12.4 Å². The molecule has 7 nitrogen and oxygen atoms in total. The quantitative estimate of drug-likeness (QED) is 0.774. The van der Waals surface area contributed by atoms with Crippen molar-refractivity contribution in [1.82, 2.24) is 0 Å². The molecule has 0 radical (unpaired) electrons. The van der Waals surface area contributed by atoms with Crippen LogP contribution in [0.2, 0.25) is 0 Å². The van der Waals surface area contributed by atoms with Gasteiger partial charge in [0.15, 0.2) is 0 Å². The maximum atomic E-state index is 13.6. The first-order chi connectivity index (χ1) is 12.2. The van der Waals surface area contributed by atoms with E-state index in [1.807, 2.05) is 0 Å². The highest BCUT2D eigenvalue weighted by Gasteiger charge is 2.22. The fourth-order valence-electron chi connectivity index (χ4n) is 2.19. The molecular formula is C17H17FN2O5S. The Morgan fingerprint density at radius 1 is 1.15 bits per heavy atom. The molecule has 0 unspecified atom stereocenters.